The summed E-state index contributed by atoms with van der Waals surface area (Å²) < 4.78 is 58.2. The molecule has 2 aromatic carbocycles. The van der Waals surface area contributed by atoms with Gasteiger partial charge in [-0.15, -0.1) is 0 Å². The summed E-state index contributed by atoms with van der Waals surface area (Å²) in [6.07, 6.45) is -4.06. The Morgan fingerprint density at radius 1 is 0.925 bits per heavy atom. The molecule has 0 amide bonds. The number of rotatable bonds is 10. The Labute approximate surface area is 232 Å². The Morgan fingerprint density at radius 2 is 1.55 bits per heavy atom. The van der Waals surface area contributed by atoms with Crippen LogP contribution in [0.5, 0.6) is 5.75 Å². The molecule has 0 aliphatic carbocycles. The molecule has 0 bridgehead atoms. The zero-order valence-electron chi connectivity index (χ0n) is 22.6. The summed E-state index contributed by atoms with van der Waals surface area (Å²) in [5.41, 5.74) is 1.44. The van der Waals surface area contributed by atoms with Crippen LogP contribution >= 0.6 is 0 Å². The molecule has 3 rings (SSSR count). The van der Waals surface area contributed by atoms with Crippen LogP contribution in [-0.2, 0) is 47.6 Å². The number of hydrogen-bond donors (Lipinski definition) is 0. The van der Waals surface area contributed by atoms with Gasteiger partial charge in [-0.1, -0.05) is 29.8 Å². The summed E-state index contributed by atoms with van der Waals surface area (Å²) in [6.45, 7) is 4.54. The van der Waals surface area contributed by atoms with Crippen LogP contribution in [0.15, 0.2) is 58.4 Å². The summed E-state index contributed by atoms with van der Waals surface area (Å²) >= 11 is 0. The van der Waals surface area contributed by atoms with E-state index in [0.29, 0.717) is 11.3 Å². The van der Waals surface area contributed by atoms with E-state index in [1.165, 1.54) is 25.5 Å². The zero-order chi connectivity index (χ0) is 29.4. The van der Waals surface area contributed by atoms with Crippen molar-refractivity contribution in [2.75, 3.05) is 13.7 Å². The van der Waals surface area contributed by atoms with Crippen molar-refractivity contribution in [1.82, 2.24) is 0 Å². The Bertz CT molecular complexity index is 1340. The van der Waals surface area contributed by atoms with Crippen LogP contribution in [0.25, 0.3) is 0 Å². The standard InChI is InChI=1S/C27H31NO11S/c1-16-9-11-22(12-10-16)40(32,33)35-15-23-25(36-17(2)29)26(37-18(3)30)24(27(39-23)38-19(4)31)28-14-20-7-6-8-21(13-20)34-5/h6-14,23-27H,15H2,1-5H3/t23-,24+,25+,26+,27-/m1/s1. The average molecular weight is 578 g/mol. The molecular formula is C27H31NO11S. The molecule has 1 heterocycles. The predicted molar refractivity (Wildman–Crippen MR) is 140 cm³/mol. The number of carbonyl (C=O) groups is 3. The third kappa shape index (κ3) is 8.34. The molecule has 5 atom stereocenters. The van der Waals surface area contributed by atoms with Gasteiger partial charge < -0.3 is 23.7 Å². The molecule has 0 unspecified atom stereocenters. The molecule has 40 heavy (non-hydrogen) atoms. The van der Waals surface area contributed by atoms with Gasteiger partial charge in [-0.05, 0) is 36.8 Å². The smallest absolute Gasteiger partial charge is 0.305 e. The van der Waals surface area contributed by atoms with E-state index in [9.17, 15) is 22.8 Å². The summed E-state index contributed by atoms with van der Waals surface area (Å²) in [5.74, 6) is -1.70. The lowest BCUT2D eigenvalue weighted by Crippen LogP contribution is -2.61. The quantitative estimate of drug-likeness (QED) is 0.177. The molecular weight excluding hydrogens is 546 g/mol. The van der Waals surface area contributed by atoms with Crippen molar-refractivity contribution in [3.63, 3.8) is 0 Å². The van der Waals surface area contributed by atoms with Crippen molar-refractivity contribution < 1.29 is 50.7 Å². The SMILES string of the molecule is COc1cccc(C=N[C@@H]2[C@H](OC(C)=O)O[C@H](COS(=O)(=O)c3ccc(C)cc3)[C@H](OC(C)=O)[C@H]2OC(C)=O)c1. The molecule has 0 radical (unpaired) electrons. The molecule has 12 nitrogen and oxygen atoms in total. The third-order valence-electron chi connectivity index (χ3n) is 5.69. The van der Waals surface area contributed by atoms with Gasteiger partial charge in [-0.25, -0.2) is 0 Å². The maximum atomic E-state index is 12.8. The van der Waals surface area contributed by atoms with Gasteiger partial charge in [0.1, 0.15) is 11.9 Å². The lowest BCUT2D eigenvalue weighted by atomic mass is 9.96. The van der Waals surface area contributed by atoms with E-state index in [4.69, 9.17) is 27.9 Å². The second kappa shape index (κ2) is 13.5. The number of esters is 3. The van der Waals surface area contributed by atoms with Crippen LogP contribution in [0, 0.1) is 6.92 Å². The number of benzene rings is 2. The Kier molecular flexibility index (Phi) is 10.4. The van der Waals surface area contributed by atoms with Gasteiger partial charge in [0, 0.05) is 27.0 Å². The lowest BCUT2D eigenvalue weighted by molar-refractivity contribution is -0.264. The number of aliphatic imine (C=N–C) groups is 1. The second-order valence-corrected chi connectivity index (χ2v) is 10.5. The predicted octanol–water partition coefficient (Wildman–Crippen LogP) is 2.35. The molecule has 0 aromatic heterocycles. The van der Waals surface area contributed by atoms with Crippen LogP contribution < -0.4 is 4.74 Å². The van der Waals surface area contributed by atoms with Crippen molar-refractivity contribution in [3.05, 3.63) is 59.7 Å². The normalized spacial score (nSPS) is 22.9. The van der Waals surface area contributed by atoms with Crippen LogP contribution in [0.3, 0.4) is 0 Å². The highest BCUT2D eigenvalue weighted by atomic mass is 32.2. The van der Waals surface area contributed by atoms with Crippen LogP contribution in [0.4, 0.5) is 0 Å². The van der Waals surface area contributed by atoms with Gasteiger partial charge in [0.05, 0.1) is 18.6 Å². The highest BCUT2D eigenvalue weighted by molar-refractivity contribution is 7.86. The van der Waals surface area contributed by atoms with Gasteiger partial charge in [-0.3, -0.25) is 23.6 Å². The fourth-order valence-corrected chi connectivity index (χ4v) is 4.85. The minimum Gasteiger partial charge on any atom is -0.497 e. The van der Waals surface area contributed by atoms with Crippen molar-refractivity contribution >= 4 is 34.2 Å². The molecule has 1 fully saturated rings. The first-order valence-electron chi connectivity index (χ1n) is 12.2. The van der Waals surface area contributed by atoms with Gasteiger partial charge in [0.15, 0.2) is 18.2 Å². The average Bonchev–Trinajstić information content (AvgIpc) is 2.88. The number of methoxy groups -OCH3 is 1. The second-order valence-electron chi connectivity index (χ2n) is 8.90. The van der Waals surface area contributed by atoms with E-state index in [2.05, 4.69) is 4.99 Å². The zero-order valence-corrected chi connectivity index (χ0v) is 23.5. The fourth-order valence-electron chi connectivity index (χ4n) is 3.93. The largest absolute Gasteiger partial charge is 0.497 e. The van der Waals surface area contributed by atoms with Crippen molar-refractivity contribution in [2.45, 2.75) is 63.2 Å². The highest BCUT2D eigenvalue weighted by Crippen LogP contribution is 2.30. The molecule has 2 aromatic rings. The minimum absolute atomic E-state index is 0.105. The molecule has 1 aliphatic heterocycles. The Morgan fingerprint density at radius 3 is 2.15 bits per heavy atom. The monoisotopic (exact) mass is 577 g/mol. The van der Waals surface area contributed by atoms with Crippen LogP contribution in [-0.4, -0.2) is 76.9 Å². The number of carbonyl (C=O) groups excluding carboxylic acids is 3. The molecule has 13 heteroatoms. The van der Waals surface area contributed by atoms with E-state index >= 15 is 0 Å². The molecule has 0 spiro atoms. The minimum atomic E-state index is -4.25. The van der Waals surface area contributed by atoms with E-state index < -0.39 is 65.3 Å². The van der Waals surface area contributed by atoms with E-state index in [1.54, 1.807) is 43.3 Å². The first kappa shape index (κ1) is 30.7. The van der Waals surface area contributed by atoms with Gasteiger partial charge in [0.25, 0.3) is 10.1 Å². The summed E-state index contributed by atoms with van der Waals surface area (Å²) in [6, 6.07) is 11.6. The number of hydrogen-bond acceptors (Lipinski definition) is 12. The molecule has 0 saturated carbocycles. The van der Waals surface area contributed by atoms with Gasteiger partial charge >= 0.3 is 17.9 Å². The maximum Gasteiger partial charge on any atom is 0.305 e. The van der Waals surface area contributed by atoms with E-state index in [0.717, 1.165) is 26.3 Å². The lowest BCUT2D eigenvalue weighted by Gasteiger charge is -2.43. The van der Waals surface area contributed by atoms with Crippen LogP contribution in [0.2, 0.25) is 0 Å². The fraction of sp³-hybridized carbons (Fsp3) is 0.407. The molecule has 0 N–H and O–H groups in total. The number of nitrogens with zero attached hydrogens (tertiary/aromatic N) is 1. The Hall–Kier alpha value is -3.81. The first-order chi connectivity index (χ1) is 18.9. The Balaban J connectivity index is 1.98. The topological polar surface area (TPSA) is 153 Å². The van der Waals surface area contributed by atoms with E-state index in [-0.39, 0.29) is 4.90 Å². The molecule has 216 valence electrons. The summed E-state index contributed by atoms with van der Waals surface area (Å²) in [4.78, 5) is 40.4. The first-order valence-corrected chi connectivity index (χ1v) is 13.6. The summed E-state index contributed by atoms with van der Waals surface area (Å²) in [7, 11) is -2.75. The number of aryl methyl sites for hydroxylation is 1. The van der Waals surface area contributed by atoms with Gasteiger partial charge in [0.2, 0.25) is 6.29 Å². The molecule has 1 saturated heterocycles. The maximum absolute atomic E-state index is 12.8. The van der Waals surface area contributed by atoms with Crippen LogP contribution in [0.1, 0.15) is 31.9 Å². The highest BCUT2D eigenvalue weighted by Gasteiger charge is 2.51. The number of ether oxygens (including phenoxy) is 5. The third-order valence-corrected chi connectivity index (χ3v) is 6.98. The van der Waals surface area contributed by atoms with Crippen molar-refractivity contribution in [2.24, 2.45) is 4.99 Å². The van der Waals surface area contributed by atoms with E-state index in [1.807, 2.05) is 0 Å². The molecule has 1 aliphatic rings. The van der Waals surface area contributed by atoms with Crippen molar-refractivity contribution in [1.29, 1.82) is 0 Å². The van der Waals surface area contributed by atoms with Gasteiger partial charge in [-0.2, -0.15) is 8.42 Å². The van der Waals surface area contributed by atoms with Crippen molar-refractivity contribution in [3.8, 4) is 5.75 Å². The summed E-state index contributed by atoms with van der Waals surface area (Å²) in [5, 5.41) is 0.